The molecule has 1 aromatic rings. The average molecular weight is 238 g/mol. The Kier molecular flexibility index (Phi) is 3.09. The van der Waals surface area contributed by atoms with Gasteiger partial charge in [-0.15, -0.1) is 0 Å². The number of rotatable bonds is 3. The van der Waals surface area contributed by atoms with E-state index in [1.54, 1.807) is 23.1 Å². The van der Waals surface area contributed by atoms with Crippen molar-refractivity contribution in [3.63, 3.8) is 0 Å². The third-order valence-corrected chi connectivity index (χ3v) is 3.29. The molecule has 84 valence electrons. The van der Waals surface area contributed by atoms with Gasteiger partial charge in [-0.3, -0.25) is 14.9 Å². The van der Waals surface area contributed by atoms with E-state index < -0.39 is 4.92 Å². The summed E-state index contributed by atoms with van der Waals surface area (Å²) in [5.74, 6) is 0.763. The molecule has 0 atom stereocenters. The molecule has 1 amide bonds. The highest BCUT2D eigenvalue weighted by molar-refractivity contribution is 8.13. The van der Waals surface area contributed by atoms with Crippen LogP contribution in [0.15, 0.2) is 24.3 Å². The summed E-state index contributed by atoms with van der Waals surface area (Å²) >= 11 is 1.26. The Morgan fingerprint density at radius 1 is 1.44 bits per heavy atom. The number of hydrogen-bond donors (Lipinski definition) is 0. The van der Waals surface area contributed by atoms with Gasteiger partial charge in [0, 0.05) is 23.9 Å². The number of nitro benzene ring substituents is 1. The Labute approximate surface area is 96.6 Å². The van der Waals surface area contributed by atoms with Crippen LogP contribution in [0.2, 0.25) is 0 Å². The summed E-state index contributed by atoms with van der Waals surface area (Å²) in [4.78, 5) is 23.4. The summed E-state index contributed by atoms with van der Waals surface area (Å²) in [5, 5.41) is 10.8. The van der Waals surface area contributed by atoms with E-state index in [1.165, 1.54) is 17.8 Å². The van der Waals surface area contributed by atoms with Crippen LogP contribution in [0.1, 0.15) is 5.56 Å². The standard InChI is InChI=1S/C10H10N2O3S/c13-10-11(5-6-16-10)7-8-3-1-2-4-9(8)12(14)15/h1-4H,5-7H2. The maximum atomic E-state index is 11.4. The third-order valence-electron chi connectivity index (χ3n) is 2.39. The van der Waals surface area contributed by atoms with Crippen LogP contribution >= 0.6 is 11.8 Å². The van der Waals surface area contributed by atoms with Crippen molar-refractivity contribution in [3.05, 3.63) is 39.9 Å². The largest absolute Gasteiger partial charge is 0.328 e. The molecule has 1 fully saturated rings. The molecule has 0 saturated carbocycles. The highest BCUT2D eigenvalue weighted by atomic mass is 32.2. The normalized spacial score (nSPS) is 15.5. The number of amides is 1. The molecule has 0 N–H and O–H groups in total. The Hall–Kier alpha value is -1.56. The minimum atomic E-state index is -0.414. The molecular formula is C10H10N2O3S. The number of hydrogen-bond acceptors (Lipinski definition) is 4. The molecule has 2 rings (SSSR count). The van der Waals surface area contributed by atoms with Gasteiger partial charge in [-0.1, -0.05) is 30.0 Å². The maximum Gasteiger partial charge on any atom is 0.282 e. The lowest BCUT2D eigenvalue weighted by Crippen LogP contribution is -2.22. The number of carbonyl (C=O) groups is 1. The molecule has 0 aliphatic carbocycles. The summed E-state index contributed by atoms with van der Waals surface area (Å²) in [6.07, 6.45) is 0. The fraction of sp³-hybridized carbons (Fsp3) is 0.300. The van der Waals surface area contributed by atoms with E-state index in [0.717, 1.165) is 5.75 Å². The van der Waals surface area contributed by atoms with Crippen LogP contribution in [0.5, 0.6) is 0 Å². The lowest BCUT2D eigenvalue weighted by molar-refractivity contribution is -0.385. The number of nitrogens with zero attached hydrogens (tertiary/aromatic N) is 2. The summed E-state index contributed by atoms with van der Waals surface area (Å²) in [6, 6.07) is 6.52. The molecule has 0 aromatic heterocycles. The van der Waals surface area contributed by atoms with Gasteiger partial charge in [-0.25, -0.2) is 0 Å². The third kappa shape index (κ3) is 2.16. The summed E-state index contributed by atoms with van der Waals surface area (Å²) in [5.41, 5.74) is 0.663. The van der Waals surface area contributed by atoms with E-state index in [-0.39, 0.29) is 10.9 Å². The summed E-state index contributed by atoms with van der Waals surface area (Å²) < 4.78 is 0. The van der Waals surface area contributed by atoms with Crippen LogP contribution in [0.4, 0.5) is 10.5 Å². The van der Waals surface area contributed by atoms with Crippen molar-refractivity contribution in [2.45, 2.75) is 6.54 Å². The second kappa shape index (κ2) is 4.52. The van der Waals surface area contributed by atoms with Crippen molar-refractivity contribution in [2.24, 2.45) is 0 Å². The Morgan fingerprint density at radius 2 is 2.19 bits per heavy atom. The molecular weight excluding hydrogens is 228 g/mol. The first kappa shape index (κ1) is 10.9. The predicted molar refractivity (Wildman–Crippen MR) is 61.4 cm³/mol. The van der Waals surface area contributed by atoms with Crippen LogP contribution in [0.25, 0.3) is 0 Å². The van der Waals surface area contributed by atoms with Crippen LogP contribution in [0, 0.1) is 10.1 Å². The van der Waals surface area contributed by atoms with Gasteiger partial charge in [0.2, 0.25) is 0 Å². The maximum absolute atomic E-state index is 11.4. The summed E-state index contributed by atoms with van der Waals surface area (Å²) in [7, 11) is 0. The predicted octanol–water partition coefficient (Wildman–Crippen LogP) is 2.26. The van der Waals surface area contributed by atoms with E-state index in [2.05, 4.69) is 0 Å². The first-order valence-corrected chi connectivity index (χ1v) is 5.81. The molecule has 1 aromatic carbocycles. The number of nitro groups is 1. The number of carbonyl (C=O) groups excluding carboxylic acids is 1. The van der Waals surface area contributed by atoms with Crippen LogP contribution < -0.4 is 0 Å². The fourth-order valence-corrected chi connectivity index (χ4v) is 2.42. The van der Waals surface area contributed by atoms with Gasteiger partial charge in [0.05, 0.1) is 11.5 Å². The zero-order chi connectivity index (χ0) is 11.5. The molecule has 0 unspecified atom stereocenters. The van der Waals surface area contributed by atoms with Crippen molar-refractivity contribution in [1.29, 1.82) is 0 Å². The monoisotopic (exact) mass is 238 g/mol. The SMILES string of the molecule is O=C1SCCN1Cc1ccccc1[N+](=O)[O-]. The molecule has 5 nitrogen and oxygen atoms in total. The second-order valence-electron chi connectivity index (χ2n) is 3.42. The van der Waals surface area contributed by atoms with Crippen molar-refractivity contribution in [3.8, 4) is 0 Å². The summed E-state index contributed by atoms with van der Waals surface area (Å²) in [6.45, 7) is 0.985. The average Bonchev–Trinajstić information content (AvgIpc) is 2.65. The number of thioether (sulfide) groups is 1. The molecule has 0 radical (unpaired) electrons. The highest BCUT2D eigenvalue weighted by Gasteiger charge is 2.23. The van der Waals surface area contributed by atoms with Crippen molar-refractivity contribution in [2.75, 3.05) is 12.3 Å². The molecule has 1 saturated heterocycles. The van der Waals surface area contributed by atoms with Gasteiger partial charge < -0.3 is 4.90 Å². The number of para-hydroxylation sites is 1. The molecule has 1 aliphatic rings. The minimum Gasteiger partial charge on any atom is -0.328 e. The Bertz CT molecular complexity index is 436. The smallest absolute Gasteiger partial charge is 0.282 e. The molecule has 1 aliphatic heterocycles. The van der Waals surface area contributed by atoms with E-state index in [4.69, 9.17) is 0 Å². The molecule has 16 heavy (non-hydrogen) atoms. The lowest BCUT2D eigenvalue weighted by atomic mass is 10.1. The van der Waals surface area contributed by atoms with Crippen LogP contribution in [-0.4, -0.2) is 27.4 Å². The van der Waals surface area contributed by atoms with Crippen LogP contribution in [-0.2, 0) is 6.54 Å². The Morgan fingerprint density at radius 3 is 2.81 bits per heavy atom. The second-order valence-corrected chi connectivity index (χ2v) is 4.47. The first-order chi connectivity index (χ1) is 7.68. The van der Waals surface area contributed by atoms with Gasteiger partial charge >= 0.3 is 0 Å². The lowest BCUT2D eigenvalue weighted by Gasteiger charge is -2.14. The number of benzene rings is 1. The molecule has 0 spiro atoms. The zero-order valence-electron chi connectivity index (χ0n) is 8.46. The minimum absolute atomic E-state index is 0.00171. The van der Waals surface area contributed by atoms with Gasteiger partial charge in [0.1, 0.15) is 0 Å². The first-order valence-electron chi connectivity index (χ1n) is 4.82. The van der Waals surface area contributed by atoms with E-state index in [1.807, 2.05) is 0 Å². The van der Waals surface area contributed by atoms with E-state index in [0.29, 0.717) is 18.7 Å². The molecule has 1 heterocycles. The van der Waals surface area contributed by atoms with Gasteiger partial charge in [0.15, 0.2) is 0 Å². The highest BCUT2D eigenvalue weighted by Crippen LogP contribution is 2.24. The van der Waals surface area contributed by atoms with E-state index >= 15 is 0 Å². The fourth-order valence-electron chi connectivity index (χ4n) is 1.60. The van der Waals surface area contributed by atoms with Gasteiger partial charge in [0.25, 0.3) is 10.9 Å². The van der Waals surface area contributed by atoms with Crippen molar-refractivity contribution >= 4 is 22.7 Å². The quantitative estimate of drug-likeness (QED) is 0.598. The topological polar surface area (TPSA) is 63.5 Å². The van der Waals surface area contributed by atoms with Crippen molar-refractivity contribution < 1.29 is 9.72 Å². The van der Waals surface area contributed by atoms with Crippen molar-refractivity contribution in [1.82, 2.24) is 4.90 Å². The Balaban J connectivity index is 2.20. The molecule has 0 bridgehead atoms. The van der Waals surface area contributed by atoms with Crippen LogP contribution in [0.3, 0.4) is 0 Å². The van der Waals surface area contributed by atoms with Gasteiger partial charge in [-0.2, -0.15) is 0 Å². The molecule has 6 heteroatoms. The zero-order valence-corrected chi connectivity index (χ0v) is 9.27. The van der Waals surface area contributed by atoms with Gasteiger partial charge in [-0.05, 0) is 0 Å². The van der Waals surface area contributed by atoms with E-state index in [9.17, 15) is 14.9 Å².